The van der Waals surface area contributed by atoms with Crippen molar-refractivity contribution in [1.29, 1.82) is 0 Å². The van der Waals surface area contributed by atoms with Crippen LogP contribution >= 0.6 is 0 Å². The molecule has 2 aromatic carbocycles. The third-order valence-corrected chi connectivity index (χ3v) is 4.98. The van der Waals surface area contributed by atoms with Crippen LogP contribution in [0.25, 0.3) is 6.08 Å². The molecule has 2 amide bonds. The number of carbonyl (C=O) groups is 2. The Kier molecular flexibility index (Phi) is 5.24. The van der Waals surface area contributed by atoms with Crippen LogP contribution in [-0.4, -0.2) is 26.3 Å². The van der Waals surface area contributed by atoms with Gasteiger partial charge in [-0.2, -0.15) is 0 Å². The first kappa shape index (κ1) is 18.7. The Balaban J connectivity index is 1.49. The molecule has 4 rings (SSSR count). The third kappa shape index (κ3) is 4.27. The maximum absolute atomic E-state index is 12.8. The van der Waals surface area contributed by atoms with Crippen LogP contribution in [-0.2, 0) is 16.1 Å². The maximum Gasteiger partial charge on any atom is 0.226 e. The SMILES string of the molecule is CC(=O)N1C=Cc2ccccc2[C@H]1CC(=O)Nc1cccc(Cn2ccnc2)c1. The number of nitrogens with zero attached hydrogens (tertiary/aromatic N) is 3. The van der Waals surface area contributed by atoms with E-state index >= 15 is 0 Å². The Morgan fingerprint density at radius 2 is 2.00 bits per heavy atom. The summed E-state index contributed by atoms with van der Waals surface area (Å²) >= 11 is 0. The van der Waals surface area contributed by atoms with E-state index in [0.717, 1.165) is 22.4 Å². The highest BCUT2D eigenvalue weighted by Crippen LogP contribution is 2.33. The summed E-state index contributed by atoms with van der Waals surface area (Å²) in [6.07, 6.45) is 9.25. The van der Waals surface area contributed by atoms with E-state index in [9.17, 15) is 9.59 Å². The molecule has 1 aliphatic heterocycles. The van der Waals surface area contributed by atoms with Crippen molar-refractivity contribution in [3.63, 3.8) is 0 Å². The molecule has 2 heterocycles. The summed E-state index contributed by atoms with van der Waals surface area (Å²) in [5, 5.41) is 2.97. The van der Waals surface area contributed by atoms with Crippen molar-refractivity contribution < 1.29 is 9.59 Å². The monoisotopic (exact) mass is 386 g/mol. The van der Waals surface area contributed by atoms with Gasteiger partial charge in [-0.15, -0.1) is 0 Å². The van der Waals surface area contributed by atoms with Crippen molar-refractivity contribution in [3.05, 3.63) is 90.1 Å². The molecule has 0 aliphatic carbocycles. The van der Waals surface area contributed by atoms with Gasteiger partial charge in [0.2, 0.25) is 11.8 Å². The minimum absolute atomic E-state index is 0.0871. The van der Waals surface area contributed by atoms with Crippen LogP contribution in [0.2, 0.25) is 0 Å². The van der Waals surface area contributed by atoms with Crippen molar-refractivity contribution in [2.75, 3.05) is 5.32 Å². The number of rotatable bonds is 5. The van der Waals surface area contributed by atoms with Gasteiger partial charge in [0, 0.05) is 37.7 Å². The largest absolute Gasteiger partial charge is 0.333 e. The molecular formula is C23H22N4O2. The van der Waals surface area contributed by atoms with Crippen LogP contribution < -0.4 is 5.32 Å². The summed E-state index contributed by atoms with van der Waals surface area (Å²) in [7, 11) is 0. The second kappa shape index (κ2) is 8.14. The Hall–Kier alpha value is -3.67. The van der Waals surface area contributed by atoms with Gasteiger partial charge in [0.15, 0.2) is 0 Å². The number of amides is 2. The van der Waals surface area contributed by atoms with Gasteiger partial charge in [0.1, 0.15) is 0 Å². The van der Waals surface area contributed by atoms with Gasteiger partial charge in [-0.1, -0.05) is 36.4 Å². The Morgan fingerprint density at radius 3 is 2.79 bits per heavy atom. The minimum Gasteiger partial charge on any atom is -0.333 e. The number of benzene rings is 2. The van der Waals surface area contributed by atoms with Crippen molar-refractivity contribution in [3.8, 4) is 0 Å². The second-order valence-electron chi connectivity index (χ2n) is 7.07. The van der Waals surface area contributed by atoms with E-state index in [1.165, 1.54) is 6.92 Å². The van der Waals surface area contributed by atoms with E-state index in [1.807, 2.05) is 65.4 Å². The van der Waals surface area contributed by atoms with Gasteiger partial charge in [0.25, 0.3) is 0 Å². The molecule has 0 spiro atoms. The second-order valence-corrected chi connectivity index (χ2v) is 7.07. The summed E-state index contributed by atoms with van der Waals surface area (Å²) in [6.45, 7) is 2.20. The molecule has 0 saturated heterocycles. The molecule has 1 N–H and O–H groups in total. The quantitative estimate of drug-likeness (QED) is 0.725. The van der Waals surface area contributed by atoms with Gasteiger partial charge >= 0.3 is 0 Å². The predicted molar refractivity (Wildman–Crippen MR) is 112 cm³/mol. The van der Waals surface area contributed by atoms with Gasteiger partial charge < -0.3 is 14.8 Å². The van der Waals surface area contributed by atoms with E-state index in [-0.39, 0.29) is 24.3 Å². The van der Waals surface area contributed by atoms with Gasteiger partial charge in [-0.3, -0.25) is 9.59 Å². The fraction of sp³-hybridized carbons (Fsp3) is 0.174. The molecule has 0 saturated carbocycles. The molecule has 0 fully saturated rings. The highest BCUT2D eigenvalue weighted by Gasteiger charge is 2.28. The maximum atomic E-state index is 12.8. The van der Waals surface area contributed by atoms with Crippen molar-refractivity contribution in [1.82, 2.24) is 14.5 Å². The van der Waals surface area contributed by atoms with Crippen LogP contribution in [0.5, 0.6) is 0 Å². The lowest BCUT2D eigenvalue weighted by Crippen LogP contribution is -2.33. The molecule has 0 bridgehead atoms. The average molecular weight is 386 g/mol. The zero-order chi connectivity index (χ0) is 20.2. The Labute approximate surface area is 169 Å². The summed E-state index contributed by atoms with van der Waals surface area (Å²) in [5.74, 6) is -0.220. The van der Waals surface area contributed by atoms with Crippen molar-refractivity contribution in [2.24, 2.45) is 0 Å². The van der Waals surface area contributed by atoms with Crippen LogP contribution in [0.3, 0.4) is 0 Å². The van der Waals surface area contributed by atoms with Crippen LogP contribution in [0, 0.1) is 0 Å². The fourth-order valence-electron chi connectivity index (χ4n) is 3.64. The van der Waals surface area contributed by atoms with Crippen molar-refractivity contribution in [2.45, 2.75) is 25.9 Å². The van der Waals surface area contributed by atoms with E-state index in [2.05, 4.69) is 10.3 Å². The van der Waals surface area contributed by atoms with Crippen molar-refractivity contribution >= 4 is 23.6 Å². The summed E-state index contributed by atoms with van der Waals surface area (Å²) < 4.78 is 1.97. The first-order chi connectivity index (χ1) is 14.1. The van der Waals surface area contributed by atoms with E-state index in [0.29, 0.717) is 6.54 Å². The standard InChI is InChI=1S/C23H22N4O2/c1-17(28)27-11-9-19-6-2-3-8-21(19)22(27)14-23(29)25-20-7-4-5-18(13-20)15-26-12-10-24-16-26/h2-13,16,22H,14-15H2,1H3,(H,25,29)/t22-/m1/s1. The third-order valence-electron chi connectivity index (χ3n) is 4.98. The highest BCUT2D eigenvalue weighted by atomic mass is 16.2. The number of anilines is 1. The Bertz CT molecular complexity index is 1060. The van der Waals surface area contributed by atoms with Crippen LogP contribution in [0.15, 0.2) is 73.5 Å². The zero-order valence-corrected chi connectivity index (χ0v) is 16.2. The summed E-state index contributed by atoms with van der Waals surface area (Å²) in [4.78, 5) is 30.6. The molecule has 1 aliphatic rings. The van der Waals surface area contributed by atoms with Gasteiger partial charge in [-0.25, -0.2) is 4.98 Å². The first-order valence-corrected chi connectivity index (χ1v) is 9.51. The van der Waals surface area contributed by atoms with E-state index in [1.54, 1.807) is 23.6 Å². The lowest BCUT2D eigenvalue weighted by atomic mass is 9.93. The van der Waals surface area contributed by atoms with Crippen LogP contribution in [0.1, 0.15) is 36.1 Å². The summed E-state index contributed by atoms with van der Waals surface area (Å²) in [5.41, 5.74) is 3.82. The molecule has 0 unspecified atom stereocenters. The number of hydrogen-bond acceptors (Lipinski definition) is 3. The molecule has 6 heteroatoms. The molecule has 6 nitrogen and oxygen atoms in total. The van der Waals surface area contributed by atoms with Crippen LogP contribution in [0.4, 0.5) is 5.69 Å². The molecule has 3 aromatic rings. The lowest BCUT2D eigenvalue weighted by molar-refractivity contribution is -0.129. The molecule has 0 radical (unpaired) electrons. The smallest absolute Gasteiger partial charge is 0.226 e. The average Bonchev–Trinajstić information content (AvgIpc) is 3.21. The number of fused-ring (bicyclic) bond motifs is 1. The molecule has 1 atom stereocenters. The van der Waals surface area contributed by atoms with E-state index in [4.69, 9.17) is 0 Å². The number of carbonyl (C=O) groups excluding carboxylic acids is 2. The number of imidazole rings is 1. The fourth-order valence-corrected chi connectivity index (χ4v) is 3.64. The number of hydrogen-bond donors (Lipinski definition) is 1. The number of nitrogens with one attached hydrogen (secondary N) is 1. The topological polar surface area (TPSA) is 67.2 Å². The zero-order valence-electron chi connectivity index (χ0n) is 16.2. The molecule has 146 valence electrons. The Morgan fingerprint density at radius 1 is 1.14 bits per heavy atom. The number of aromatic nitrogens is 2. The van der Waals surface area contributed by atoms with E-state index < -0.39 is 0 Å². The predicted octanol–water partition coefficient (Wildman–Crippen LogP) is 3.83. The van der Waals surface area contributed by atoms with Gasteiger partial charge in [-0.05, 0) is 34.9 Å². The molecule has 1 aromatic heterocycles. The lowest BCUT2D eigenvalue weighted by Gasteiger charge is -2.32. The molecule has 29 heavy (non-hydrogen) atoms. The first-order valence-electron chi connectivity index (χ1n) is 9.51. The normalized spacial score (nSPS) is 15.1. The highest BCUT2D eigenvalue weighted by molar-refractivity contribution is 5.92. The summed E-state index contributed by atoms with van der Waals surface area (Å²) in [6, 6.07) is 15.3. The van der Waals surface area contributed by atoms with Gasteiger partial charge in [0.05, 0.1) is 18.8 Å². The molecular weight excluding hydrogens is 364 g/mol. The minimum atomic E-state index is -0.317.